The van der Waals surface area contributed by atoms with Crippen molar-refractivity contribution >= 4 is 17.1 Å². The Bertz CT molecular complexity index is 1150. The molecule has 240 valence electrons. The van der Waals surface area contributed by atoms with Gasteiger partial charge in [0, 0.05) is 34.1 Å². The van der Waals surface area contributed by atoms with E-state index < -0.39 is 0 Å². The number of likely N-dealkylation sites (N-methyl/N-ethyl adjacent to an activating group) is 1. The monoisotopic (exact) mass is 589 g/mol. The Morgan fingerprint density at radius 1 is 0.857 bits per heavy atom. The number of imidazole rings is 1. The fourth-order valence-electron chi connectivity index (χ4n) is 5.85. The van der Waals surface area contributed by atoms with E-state index in [4.69, 9.17) is 4.74 Å². The SMILES string of the molecule is CCCCCCCCCCCCN(C)CC(CCCCCCCCCn1c(=O)c2c(ncn2C)n(C)c1=O)OC(C)=O. The summed E-state index contributed by atoms with van der Waals surface area (Å²) in [6.07, 6.45) is 23.2. The molecule has 9 heteroatoms. The first-order chi connectivity index (χ1) is 20.3. The van der Waals surface area contributed by atoms with E-state index in [1.807, 2.05) is 0 Å². The number of ether oxygens (including phenoxy) is 1. The Balaban J connectivity index is 1.56. The highest BCUT2D eigenvalue weighted by Gasteiger charge is 2.16. The van der Waals surface area contributed by atoms with Gasteiger partial charge in [-0.3, -0.25) is 18.7 Å². The first-order valence-corrected chi connectivity index (χ1v) is 16.7. The smallest absolute Gasteiger partial charge is 0.332 e. The summed E-state index contributed by atoms with van der Waals surface area (Å²) in [5.74, 6) is -0.191. The van der Waals surface area contributed by atoms with Crippen molar-refractivity contribution in [3.63, 3.8) is 0 Å². The Labute approximate surface area is 253 Å². The fourth-order valence-corrected chi connectivity index (χ4v) is 5.85. The quantitative estimate of drug-likeness (QED) is 0.105. The second-order valence-corrected chi connectivity index (χ2v) is 12.3. The molecule has 0 N–H and O–H groups in total. The number of aryl methyl sites for hydroxylation is 2. The second kappa shape index (κ2) is 20.5. The lowest BCUT2D eigenvalue weighted by Crippen LogP contribution is -2.39. The molecule has 0 aliphatic rings. The Hall–Kier alpha value is -2.42. The molecule has 2 rings (SSSR count). The number of carbonyl (C=O) groups is 1. The van der Waals surface area contributed by atoms with Crippen LogP contribution in [0.1, 0.15) is 129 Å². The van der Waals surface area contributed by atoms with Gasteiger partial charge in [0.05, 0.1) is 6.33 Å². The van der Waals surface area contributed by atoms with Crippen molar-refractivity contribution in [3.8, 4) is 0 Å². The van der Waals surface area contributed by atoms with E-state index in [2.05, 4.69) is 23.9 Å². The number of hydrogen-bond acceptors (Lipinski definition) is 6. The van der Waals surface area contributed by atoms with Gasteiger partial charge in [0.1, 0.15) is 6.10 Å². The third-order valence-corrected chi connectivity index (χ3v) is 8.35. The van der Waals surface area contributed by atoms with Gasteiger partial charge in [-0.05, 0) is 39.3 Å². The number of aromatic nitrogens is 4. The predicted molar refractivity (Wildman–Crippen MR) is 172 cm³/mol. The van der Waals surface area contributed by atoms with E-state index in [9.17, 15) is 14.4 Å². The summed E-state index contributed by atoms with van der Waals surface area (Å²) in [5.41, 5.74) is 0.335. The maximum Gasteiger partial charge on any atom is 0.332 e. The lowest BCUT2D eigenvalue weighted by atomic mass is 10.1. The first-order valence-electron chi connectivity index (χ1n) is 16.7. The average Bonchev–Trinajstić information content (AvgIpc) is 3.34. The molecule has 0 radical (unpaired) electrons. The minimum atomic E-state index is -0.303. The summed E-state index contributed by atoms with van der Waals surface area (Å²) in [6.45, 7) is 6.07. The third-order valence-electron chi connectivity index (χ3n) is 8.35. The predicted octanol–water partition coefficient (Wildman–Crippen LogP) is 6.34. The zero-order valence-electron chi connectivity index (χ0n) is 27.4. The molecule has 0 spiro atoms. The van der Waals surface area contributed by atoms with Gasteiger partial charge < -0.3 is 14.2 Å². The number of nitrogens with zero attached hydrogens (tertiary/aromatic N) is 5. The van der Waals surface area contributed by atoms with Crippen molar-refractivity contribution in [2.75, 3.05) is 20.1 Å². The van der Waals surface area contributed by atoms with Gasteiger partial charge in [-0.15, -0.1) is 0 Å². The minimum Gasteiger partial charge on any atom is -0.461 e. The van der Waals surface area contributed by atoms with E-state index in [0.717, 1.165) is 64.5 Å². The van der Waals surface area contributed by atoms with Crippen LogP contribution in [0, 0.1) is 0 Å². The van der Waals surface area contributed by atoms with Crippen LogP contribution in [0.25, 0.3) is 11.2 Å². The number of fused-ring (bicyclic) bond motifs is 1. The standard InChI is InChI=1S/C33H59N5O4/c1-6-7-8-9-10-11-12-15-18-21-24-35(3)26-29(42-28(2)39)23-20-17-14-13-16-19-22-25-38-32(40)30-31(34-27-36(30)4)37(5)33(38)41/h27,29H,6-26H2,1-5H3. The molecule has 0 saturated heterocycles. The number of unbranched alkanes of at least 4 members (excludes halogenated alkanes) is 15. The summed E-state index contributed by atoms with van der Waals surface area (Å²) in [5, 5.41) is 0. The number of esters is 1. The van der Waals surface area contributed by atoms with Crippen LogP contribution in [0.15, 0.2) is 15.9 Å². The molecule has 0 amide bonds. The van der Waals surface area contributed by atoms with Crippen molar-refractivity contribution < 1.29 is 9.53 Å². The summed E-state index contributed by atoms with van der Waals surface area (Å²) in [4.78, 5) is 43.6. The molecule has 42 heavy (non-hydrogen) atoms. The van der Waals surface area contributed by atoms with E-state index in [0.29, 0.717) is 17.7 Å². The highest BCUT2D eigenvalue weighted by molar-refractivity contribution is 5.69. The van der Waals surface area contributed by atoms with Crippen LogP contribution in [0.5, 0.6) is 0 Å². The van der Waals surface area contributed by atoms with Crippen LogP contribution in [0.4, 0.5) is 0 Å². The summed E-state index contributed by atoms with van der Waals surface area (Å²) in [6, 6.07) is 0. The molecule has 1 unspecified atom stereocenters. The number of hydrogen-bond donors (Lipinski definition) is 0. The molecular formula is C33H59N5O4. The van der Waals surface area contributed by atoms with Gasteiger partial charge in [-0.2, -0.15) is 0 Å². The molecule has 0 aromatic carbocycles. The summed E-state index contributed by atoms with van der Waals surface area (Å²) >= 11 is 0. The Morgan fingerprint density at radius 3 is 2.00 bits per heavy atom. The number of carbonyl (C=O) groups excluding carboxylic acids is 1. The van der Waals surface area contributed by atoms with Gasteiger partial charge in [0.15, 0.2) is 11.2 Å². The van der Waals surface area contributed by atoms with Crippen LogP contribution in [-0.2, 0) is 30.2 Å². The molecule has 0 aliphatic carbocycles. The van der Waals surface area contributed by atoms with E-state index in [1.54, 1.807) is 25.0 Å². The maximum atomic E-state index is 12.8. The zero-order valence-corrected chi connectivity index (χ0v) is 27.4. The second-order valence-electron chi connectivity index (χ2n) is 12.3. The summed E-state index contributed by atoms with van der Waals surface area (Å²) in [7, 11) is 5.58. The van der Waals surface area contributed by atoms with E-state index >= 15 is 0 Å². The average molecular weight is 590 g/mol. The normalized spacial score (nSPS) is 12.4. The highest BCUT2D eigenvalue weighted by atomic mass is 16.5. The van der Waals surface area contributed by atoms with Crippen molar-refractivity contribution in [1.29, 1.82) is 0 Å². The molecular weight excluding hydrogens is 530 g/mol. The van der Waals surface area contributed by atoms with Gasteiger partial charge in [0.2, 0.25) is 0 Å². The van der Waals surface area contributed by atoms with Gasteiger partial charge in [-0.1, -0.05) is 96.8 Å². The molecule has 2 heterocycles. The molecule has 0 aliphatic heterocycles. The van der Waals surface area contributed by atoms with Crippen molar-refractivity contribution in [1.82, 2.24) is 23.6 Å². The topological polar surface area (TPSA) is 91.4 Å². The van der Waals surface area contributed by atoms with Crippen LogP contribution >= 0.6 is 0 Å². The van der Waals surface area contributed by atoms with E-state index in [1.165, 1.54) is 80.3 Å². The van der Waals surface area contributed by atoms with Crippen LogP contribution in [-0.4, -0.2) is 55.8 Å². The molecule has 0 bridgehead atoms. The lowest BCUT2D eigenvalue weighted by molar-refractivity contribution is -0.147. The highest BCUT2D eigenvalue weighted by Crippen LogP contribution is 2.14. The summed E-state index contributed by atoms with van der Waals surface area (Å²) < 4.78 is 10.1. The van der Waals surface area contributed by atoms with Gasteiger partial charge in [0.25, 0.3) is 5.56 Å². The van der Waals surface area contributed by atoms with Gasteiger partial charge in [-0.25, -0.2) is 9.78 Å². The van der Waals surface area contributed by atoms with Crippen LogP contribution < -0.4 is 11.2 Å². The lowest BCUT2D eigenvalue weighted by Gasteiger charge is -2.24. The molecule has 2 aromatic rings. The Kier molecular flexibility index (Phi) is 17.4. The molecule has 2 aromatic heterocycles. The fraction of sp³-hybridized carbons (Fsp3) is 0.818. The first kappa shape index (κ1) is 35.8. The zero-order chi connectivity index (χ0) is 30.7. The van der Waals surface area contributed by atoms with Crippen molar-refractivity contribution in [2.45, 2.75) is 142 Å². The molecule has 0 saturated carbocycles. The third kappa shape index (κ3) is 12.8. The molecule has 0 fully saturated rings. The Morgan fingerprint density at radius 2 is 1.40 bits per heavy atom. The maximum absolute atomic E-state index is 12.8. The molecule has 1 atom stereocenters. The van der Waals surface area contributed by atoms with Crippen LogP contribution in [0.2, 0.25) is 0 Å². The van der Waals surface area contributed by atoms with E-state index in [-0.39, 0.29) is 23.3 Å². The van der Waals surface area contributed by atoms with Gasteiger partial charge >= 0.3 is 11.7 Å². The van der Waals surface area contributed by atoms with Crippen LogP contribution in [0.3, 0.4) is 0 Å². The minimum absolute atomic E-state index is 0.0340. The molecule has 9 nitrogen and oxygen atoms in total. The van der Waals surface area contributed by atoms with Crippen molar-refractivity contribution in [3.05, 3.63) is 27.2 Å². The number of rotatable bonds is 24. The van der Waals surface area contributed by atoms with Crippen molar-refractivity contribution in [2.24, 2.45) is 14.1 Å². The largest absolute Gasteiger partial charge is 0.461 e.